The van der Waals surface area contributed by atoms with Crippen LogP contribution in [0, 0.1) is 17.0 Å². The van der Waals surface area contributed by atoms with Crippen molar-refractivity contribution in [3.05, 3.63) is 80.9 Å². The summed E-state index contributed by atoms with van der Waals surface area (Å²) in [5, 5.41) is 13.2. The van der Waals surface area contributed by atoms with Crippen molar-refractivity contribution in [1.29, 1.82) is 0 Å². The van der Waals surface area contributed by atoms with Gasteiger partial charge in [-0.05, 0) is 54.6 Å². The number of nitrogens with zero attached hydrogens (tertiary/aromatic N) is 2. The fourth-order valence-electron chi connectivity index (χ4n) is 3.41. The Kier molecular flexibility index (Phi) is 6.69. The minimum Gasteiger partial charge on any atom is -0.496 e. The van der Waals surface area contributed by atoms with Crippen molar-refractivity contribution in [1.82, 2.24) is 4.90 Å². The van der Waals surface area contributed by atoms with Gasteiger partial charge in [0, 0.05) is 23.9 Å². The largest absolute Gasteiger partial charge is 0.496 e. The highest BCUT2D eigenvalue weighted by Gasteiger charge is 2.36. The lowest BCUT2D eigenvalue weighted by atomic mass is 10.1. The van der Waals surface area contributed by atoms with Gasteiger partial charge in [0.05, 0.1) is 22.5 Å². The number of thioether (sulfide) groups is 1. The normalized spacial score (nSPS) is 14.5. The molecule has 10 nitrogen and oxygen atoms in total. The van der Waals surface area contributed by atoms with Crippen LogP contribution in [0.5, 0.6) is 5.75 Å². The molecule has 0 aliphatic carbocycles. The van der Waals surface area contributed by atoms with E-state index in [1.807, 2.05) is 13.0 Å². The summed E-state index contributed by atoms with van der Waals surface area (Å²) < 4.78 is 11.0. The maximum Gasteiger partial charge on any atom is 0.294 e. The number of methoxy groups -OCH3 is 1. The number of aryl methyl sites for hydroxylation is 1. The lowest BCUT2D eigenvalue weighted by Gasteiger charge is -2.12. The fraction of sp³-hybridized carbons (Fsp3) is 0.125. The molecule has 0 bridgehead atoms. The number of furan rings is 1. The molecule has 3 aromatic rings. The van der Waals surface area contributed by atoms with Gasteiger partial charge in [-0.3, -0.25) is 29.4 Å². The summed E-state index contributed by atoms with van der Waals surface area (Å²) in [6, 6.07) is 14.4. The third-order valence-corrected chi connectivity index (χ3v) is 5.94. The summed E-state index contributed by atoms with van der Waals surface area (Å²) in [6.45, 7) is 1.45. The second kappa shape index (κ2) is 9.85. The average Bonchev–Trinajstić information content (AvgIpc) is 3.38. The van der Waals surface area contributed by atoms with Crippen LogP contribution in [0.25, 0.3) is 17.4 Å². The van der Waals surface area contributed by atoms with Crippen LogP contribution in [0.2, 0.25) is 0 Å². The molecule has 178 valence electrons. The van der Waals surface area contributed by atoms with Crippen molar-refractivity contribution in [3.63, 3.8) is 0 Å². The van der Waals surface area contributed by atoms with E-state index in [1.165, 1.54) is 31.4 Å². The van der Waals surface area contributed by atoms with Crippen LogP contribution in [-0.4, -0.2) is 40.5 Å². The molecule has 1 aliphatic rings. The lowest BCUT2D eigenvalue weighted by molar-refractivity contribution is -0.384. The summed E-state index contributed by atoms with van der Waals surface area (Å²) in [5.41, 5.74) is 1.75. The Bertz CT molecular complexity index is 1380. The van der Waals surface area contributed by atoms with E-state index in [1.54, 1.807) is 30.3 Å². The maximum absolute atomic E-state index is 12.8. The molecule has 4 rings (SSSR count). The second-order valence-electron chi connectivity index (χ2n) is 7.53. The van der Waals surface area contributed by atoms with E-state index < -0.39 is 28.5 Å². The molecule has 0 spiro atoms. The third kappa shape index (κ3) is 5.25. The Balaban J connectivity index is 1.50. The molecule has 11 heteroatoms. The van der Waals surface area contributed by atoms with E-state index in [0.717, 1.165) is 10.5 Å². The zero-order chi connectivity index (χ0) is 25.1. The SMILES string of the molecule is COc1ccc([N+](=O)[O-])cc1-c1ccc(/C=C2\SC(=O)N(CC(=O)Nc3cccc(C)c3)C2=O)o1. The van der Waals surface area contributed by atoms with E-state index >= 15 is 0 Å². The summed E-state index contributed by atoms with van der Waals surface area (Å²) in [4.78, 5) is 49.0. The average molecular weight is 493 g/mol. The number of anilines is 1. The van der Waals surface area contributed by atoms with E-state index in [9.17, 15) is 24.5 Å². The van der Waals surface area contributed by atoms with Crippen molar-refractivity contribution >= 4 is 46.3 Å². The van der Waals surface area contributed by atoms with Crippen LogP contribution in [0.4, 0.5) is 16.2 Å². The van der Waals surface area contributed by atoms with Crippen molar-refractivity contribution in [2.24, 2.45) is 0 Å². The van der Waals surface area contributed by atoms with Crippen LogP contribution < -0.4 is 10.1 Å². The number of imide groups is 1. The summed E-state index contributed by atoms with van der Waals surface area (Å²) in [7, 11) is 1.43. The Hall–Kier alpha value is -4.38. The van der Waals surface area contributed by atoms with E-state index in [-0.39, 0.29) is 22.1 Å². The first kappa shape index (κ1) is 23.8. The number of nitrogens with one attached hydrogen (secondary N) is 1. The predicted molar refractivity (Wildman–Crippen MR) is 130 cm³/mol. The van der Waals surface area contributed by atoms with Crippen LogP contribution in [-0.2, 0) is 9.59 Å². The number of hydrogen-bond donors (Lipinski definition) is 1. The minimum atomic E-state index is -0.620. The number of benzene rings is 2. The smallest absolute Gasteiger partial charge is 0.294 e. The van der Waals surface area contributed by atoms with Gasteiger partial charge < -0.3 is 14.5 Å². The molecule has 1 fully saturated rings. The second-order valence-corrected chi connectivity index (χ2v) is 8.52. The number of rotatable bonds is 7. The van der Waals surface area contributed by atoms with Crippen LogP contribution in [0.1, 0.15) is 11.3 Å². The van der Waals surface area contributed by atoms with Crippen molar-refractivity contribution in [2.75, 3.05) is 19.0 Å². The standard InChI is InChI=1S/C24H19N3O7S/c1-14-4-3-5-15(10-14)25-22(28)13-26-23(29)21(35-24(26)30)12-17-7-9-20(34-17)18-11-16(27(31)32)6-8-19(18)33-2/h3-12H,13H2,1-2H3,(H,25,28)/b21-12-. The predicted octanol–water partition coefficient (Wildman–Crippen LogP) is 4.85. The molecule has 1 saturated heterocycles. The lowest BCUT2D eigenvalue weighted by Crippen LogP contribution is -2.36. The molecule has 2 heterocycles. The first-order valence-corrected chi connectivity index (χ1v) is 11.1. The van der Waals surface area contributed by atoms with Gasteiger partial charge in [0.1, 0.15) is 23.8 Å². The minimum absolute atomic E-state index is 0.0882. The van der Waals surface area contributed by atoms with Crippen molar-refractivity contribution < 1.29 is 28.5 Å². The molecule has 0 saturated carbocycles. The Morgan fingerprint density at radius 3 is 2.71 bits per heavy atom. The molecule has 35 heavy (non-hydrogen) atoms. The van der Waals surface area contributed by atoms with Gasteiger partial charge in [0.2, 0.25) is 5.91 Å². The zero-order valence-electron chi connectivity index (χ0n) is 18.6. The molecule has 2 aromatic carbocycles. The molecule has 0 radical (unpaired) electrons. The number of ether oxygens (including phenoxy) is 1. The summed E-state index contributed by atoms with van der Waals surface area (Å²) in [6.07, 6.45) is 1.39. The highest BCUT2D eigenvalue weighted by molar-refractivity contribution is 8.18. The zero-order valence-corrected chi connectivity index (χ0v) is 19.5. The highest BCUT2D eigenvalue weighted by Crippen LogP contribution is 2.36. The van der Waals surface area contributed by atoms with Gasteiger partial charge in [0.25, 0.3) is 16.8 Å². The van der Waals surface area contributed by atoms with Crippen LogP contribution >= 0.6 is 11.8 Å². The number of amides is 3. The Labute approximate surface area is 203 Å². The molecular formula is C24H19N3O7S. The molecule has 3 amide bonds. The molecule has 1 aliphatic heterocycles. The molecule has 0 atom stereocenters. The molecular weight excluding hydrogens is 474 g/mol. The summed E-state index contributed by atoms with van der Waals surface area (Å²) in [5.74, 6) is -0.212. The van der Waals surface area contributed by atoms with Crippen LogP contribution in [0.15, 0.2) is 63.9 Å². The van der Waals surface area contributed by atoms with E-state index in [0.29, 0.717) is 28.8 Å². The van der Waals surface area contributed by atoms with Gasteiger partial charge in [-0.15, -0.1) is 0 Å². The quantitative estimate of drug-likeness (QED) is 0.281. The molecule has 1 N–H and O–H groups in total. The van der Waals surface area contributed by atoms with E-state index in [2.05, 4.69) is 5.32 Å². The van der Waals surface area contributed by atoms with Gasteiger partial charge in [-0.1, -0.05) is 12.1 Å². The van der Waals surface area contributed by atoms with Crippen molar-refractivity contribution in [3.8, 4) is 17.1 Å². The van der Waals surface area contributed by atoms with Crippen LogP contribution in [0.3, 0.4) is 0 Å². The fourth-order valence-corrected chi connectivity index (χ4v) is 4.23. The monoisotopic (exact) mass is 493 g/mol. The number of nitro groups is 1. The van der Waals surface area contributed by atoms with Gasteiger partial charge in [-0.25, -0.2) is 0 Å². The maximum atomic E-state index is 12.8. The first-order valence-electron chi connectivity index (χ1n) is 10.3. The van der Waals surface area contributed by atoms with Crippen molar-refractivity contribution in [2.45, 2.75) is 6.92 Å². The molecule has 0 unspecified atom stereocenters. The highest BCUT2D eigenvalue weighted by atomic mass is 32.2. The molecule has 1 aromatic heterocycles. The number of hydrogen-bond acceptors (Lipinski definition) is 8. The number of carbonyl (C=O) groups excluding carboxylic acids is 3. The van der Waals surface area contributed by atoms with Gasteiger partial charge in [-0.2, -0.15) is 0 Å². The first-order chi connectivity index (χ1) is 16.7. The van der Waals surface area contributed by atoms with Gasteiger partial charge >= 0.3 is 0 Å². The Morgan fingerprint density at radius 1 is 1.20 bits per heavy atom. The van der Waals surface area contributed by atoms with Gasteiger partial charge in [0.15, 0.2) is 0 Å². The number of carbonyl (C=O) groups is 3. The summed E-state index contributed by atoms with van der Waals surface area (Å²) >= 11 is 0.691. The third-order valence-electron chi connectivity index (χ3n) is 5.04. The number of non-ortho nitro benzene ring substituents is 1. The topological polar surface area (TPSA) is 132 Å². The Morgan fingerprint density at radius 2 is 2.00 bits per heavy atom. The van der Waals surface area contributed by atoms with E-state index in [4.69, 9.17) is 9.15 Å². The number of nitro benzene ring substituents is 1.